The van der Waals surface area contributed by atoms with Crippen molar-refractivity contribution in [2.75, 3.05) is 4.90 Å². The van der Waals surface area contributed by atoms with E-state index in [1.807, 2.05) is 24.3 Å². The number of hydrogen-bond donors (Lipinski definition) is 1. The molecule has 216 valence electrons. The highest BCUT2D eigenvalue weighted by Crippen LogP contribution is 2.44. The summed E-state index contributed by atoms with van der Waals surface area (Å²) in [5.41, 5.74) is 4.99. The topological polar surface area (TPSA) is 101 Å². The molecule has 2 aliphatic carbocycles. The van der Waals surface area contributed by atoms with Crippen LogP contribution >= 0.6 is 0 Å². The van der Waals surface area contributed by atoms with Crippen molar-refractivity contribution in [3.8, 4) is 22.8 Å². The predicted octanol–water partition coefficient (Wildman–Crippen LogP) is 6.32. The lowest BCUT2D eigenvalue weighted by Gasteiger charge is -2.25. The molecule has 42 heavy (non-hydrogen) atoms. The third-order valence-electron chi connectivity index (χ3n) is 7.98. The Labute approximate surface area is 240 Å². The summed E-state index contributed by atoms with van der Waals surface area (Å²) < 4.78 is 41.5. The summed E-state index contributed by atoms with van der Waals surface area (Å²) in [7, 11) is 0. The molecule has 0 unspecified atom stereocenters. The molecule has 4 heterocycles. The Kier molecular flexibility index (Phi) is 6.43. The molecule has 0 atom stereocenters. The molecule has 0 aliphatic heterocycles. The number of nitrogens with one attached hydrogen (secondary N) is 1. The zero-order chi connectivity index (χ0) is 29.0. The fourth-order valence-corrected chi connectivity index (χ4v) is 5.50. The quantitative estimate of drug-likeness (QED) is 0.220. The smallest absolute Gasteiger partial charge is 0.347 e. The largest absolute Gasteiger partial charge is 0.434 e. The van der Waals surface area contributed by atoms with Gasteiger partial charge in [-0.25, -0.2) is 29.9 Å². The second-order valence-electron chi connectivity index (χ2n) is 11.0. The van der Waals surface area contributed by atoms with Gasteiger partial charge >= 0.3 is 6.18 Å². The van der Waals surface area contributed by atoms with Crippen LogP contribution in [-0.2, 0) is 25.7 Å². The Balaban J connectivity index is 1.25. The van der Waals surface area contributed by atoms with Gasteiger partial charge in [-0.15, -0.1) is 0 Å². The third kappa shape index (κ3) is 4.88. The van der Waals surface area contributed by atoms with Gasteiger partial charge in [-0.2, -0.15) is 13.2 Å². The van der Waals surface area contributed by atoms with Crippen molar-refractivity contribution in [2.24, 2.45) is 0 Å². The molecule has 0 saturated heterocycles. The van der Waals surface area contributed by atoms with E-state index in [-0.39, 0.29) is 0 Å². The van der Waals surface area contributed by atoms with Crippen LogP contribution in [0.4, 0.5) is 19.0 Å². The average molecular weight is 574 g/mol. The molecule has 2 aliphatic rings. The van der Waals surface area contributed by atoms with E-state index in [0.717, 1.165) is 72.2 Å². The van der Waals surface area contributed by atoms with Crippen LogP contribution < -0.4 is 4.90 Å². The molecule has 4 aromatic heterocycles. The summed E-state index contributed by atoms with van der Waals surface area (Å²) in [4.78, 5) is 33.1. The fourth-order valence-electron chi connectivity index (χ4n) is 5.50. The lowest BCUT2D eigenvalue weighted by Crippen LogP contribution is -2.26. The first-order chi connectivity index (χ1) is 20.3. The standard InChI is InChI=1S/C30H30F3N9/c1-3-21-23(24(18-9-10-18)35-15-34-21)26-39-27-25(36-16-37-27)29(40-26)42(20-11-12-20)13-17-5-7-19(8-6-17)28-38-22(30(31,32)33)14-41(28)4-2/h5-8,14-16,18,20H,3-4,9-13H2,1-2H3,(H,36,37,39,40). The van der Waals surface area contributed by atoms with Gasteiger partial charge in [0.25, 0.3) is 0 Å². The Bertz CT molecular complexity index is 1750. The van der Waals surface area contributed by atoms with E-state index in [4.69, 9.17) is 9.97 Å². The Morgan fingerprint density at radius 2 is 1.76 bits per heavy atom. The molecule has 9 nitrogen and oxygen atoms in total. The Hall–Kier alpha value is -4.35. The van der Waals surface area contributed by atoms with E-state index in [1.54, 1.807) is 19.6 Å². The van der Waals surface area contributed by atoms with E-state index < -0.39 is 11.9 Å². The van der Waals surface area contributed by atoms with Crippen molar-refractivity contribution >= 4 is 17.0 Å². The number of rotatable bonds is 9. The summed E-state index contributed by atoms with van der Waals surface area (Å²) in [6.45, 7) is 4.85. The highest BCUT2D eigenvalue weighted by atomic mass is 19.4. The van der Waals surface area contributed by atoms with Crippen LogP contribution in [0, 0.1) is 0 Å². The summed E-state index contributed by atoms with van der Waals surface area (Å²) in [5.74, 6) is 2.09. The van der Waals surface area contributed by atoms with Crippen molar-refractivity contribution < 1.29 is 13.2 Å². The number of nitrogens with zero attached hydrogens (tertiary/aromatic N) is 8. The van der Waals surface area contributed by atoms with Crippen molar-refractivity contribution in [1.29, 1.82) is 0 Å². The second-order valence-corrected chi connectivity index (χ2v) is 11.0. The lowest BCUT2D eigenvalue weighted by atomic mass is 10.1. The minimum Gasteiger partial charge on any atom is -0.347 e. The summed E-state index contributed by atoms with van der Waals surface area (Å²) >= 11 is 0. The minimum atomic E-state index is -4.49. The molecule has 2 fully saturated rings. The molecule has 0 bridgehead atoms. The van der Waals surface area contributed by atoms with Crippen LogP contribution in [0.5, 0.6) is 0 Å². The molecule has 7 rings (SSSR count). The van der Waals surface area contributed by atoms with E-state index >= 15 is 0 Å². The summed E-state index contributed by atoms with van der Waals surface area (Å²) in [6.07, 6.45) is 4.90. The molecule has 0 radical (unpaired) electrons. The molecule has 1 N–H and O–H groups in total. The first-order valence-electron chi connectivity index (χ1n) is 14.4. The number of hydrogen-bond acceptors (Lipinski definition) is 7. The van der Waals surface area contributed by atoms with E-state index in [0.29, 0.717) is 47.9 Å². The predicted molar refractivity (Wildman–Crippen MR) is 152 cm³/mol. The van der Waals surface area contributed by atoms with Gasteiger partial charge in [0.1, 0.15) is 17.7 Å². The van der Waals surface area contributed by atoms with Crippen LogP contribution in [0.2, 0.25) is 0 Å². The second kappa shape index (κ2) is 10.2. The number of fused-ring (bicyclic) bond motifs is 1. The van der Waals surface area contributed by atoms with E-state index in [9.17, 15) is 13.2 Å². The van der Waals surface area contributed by atoms with Crippen molar-refractivity contribution in [2.45, 2.75) is 77.2 Å². The fraction of sp³-hybridized carbons (Fsp3) is 0.400. The number of alkyl halides is 3. The van der Waals surface area contributed by atoms with Crippen LogP contribution in [0.25, 0.3) is 33.9 Å². The van der Waals surface area contributed by atoms with Crippen molar-refractivity contribution in [3.05, 3.63) is 65.8 Å². The Morgan fingerprint density at radius 1 is 0.976 bits per heavy atom. The normalized spacial score (nSPS) is 15.5. The summed E-state index contributed by atoms with van der Waals surface area (Å²) in [6, 6.07) is 7.88. The highest BCUT2D eigenvalue weighted by molar-refractivity contribution is 5.86. The maximum atomic E-state index is 13.3. The first kappa shape index (κ1) is 26.5. The molecule has 1 aromatic carbocycles. The number of anilines is 1. The van der Waals surface area contributed by atoms with Gasteiger partial charge in [-0.1, -0.05) is 31.2 Å². The maximum Gasteiger partial charge on any atom is 0.434 e. The van der Waals surface area contributed by atoms with Crippen LogP contribution in [-0.4, -0.2) is 45.5 Å². The number of aromatic nitrogens is 8. The number of aromatic amines is 1. The van der Waals surface area contributed by atoms with Gasteiger partial charge in [0.2, 0.25) is 0 Å². The van der Waals surface area contributed by atoms with Gasteiger partial charge < -0.3 is 14.5 Å². The first-order valence-corrected chi connectivity index (χ1v) is 14.4. The molecular formula is C30H30F3N9. The number of imidazole rings is 2. The Morgan fingerprint density at radius 3 is 2.43 bits per heavy atom. The van der Waals surface area contributed by atoms with E-state index in [1.165, 1.54) is 4.57 Å². The minimum absolute atomic E-state index is 0.304. The monoisotopic (exact) mass is 573 g/mol. The zero-order valence-corrected chi connectivity index (χ0v) is 23.4. The highest BCUT2D eigenvalue weighted by Gasteiger charge is 2.36. The van der Waals surface area contributed by atoms with E-state index in [2.05, 4.69) is 36.7 Å². The van der Waals surface area contributed by atoms with Crippen molar-refractivity contribution in [3.63, 3.8) is 0 Å². The number of benzene rings is 1. The number of halogens is 3. The molecule has 5 aromatic rings. The third-order valence-corrected chi connectivity index (χ3v) is 7.98. The molecule has 0 amide bonds. The van der Waals surface area contributed by atoms with Gasteiger partial charge in [-0.3, -0.25) is 0 Å². The van der Waals surface area contributed by atoms with Gasteiger partial charge in [0.05, 0.1) is 23.3 Å². The molecule has 0 spiro atoms. The average Bonchev–Trinajstić information content (AvgIpc) is 3.92. The molecular weight excluding hydrogens is 543 g/mol. The molecule has 2 saturated carbocycles. The number of H-pyrrole nitrogens is 1. The van der Waals surface area contributed by atoms with Crippen LogP contribution in [0.15, 0.2) is 43.1 Å². The van der Waals surface area contributed by atoms with Gasteiger partial charge in [0.15, 0.2) is 23.0 Å². The SMILES string of the molecule is CCc1ncnc(C2CC2)c1-c1nc(N(Cc2ccc(-c3nc(C(F)(F)F)cn3CC)cc2)C2CC2)c2[nH]cnc2n1. The maximum absolute atomic E-state index is 13.3. The van der Waals surface area contributed by atoms with Crippen LogP contribution in [0.1, 0.15) is 68.1 Å². The van der Waals surface area contributed by atoms with Crippen LogP contribution in [0.3, 0.4) is 0 Å². The molecule has 12 heteroatoms. The van der Waals surface area contributed by atoms with Gasteiger partial charge in [-0.05, 0) is 44.6 Å². The summed E-state index contributed by atoms with van der Waals surface area (Å²) in [5, 5.41) is 0. The lowest BCUT2D eigenvalue weighted by molar-refractivity contribution is -0.140. The van der Waals surface area contributed by atoms with Gasteiger partial charge in [0, 0.05) is 36.8 Å². The van der Waals surface area contributed by atoms with Crippen molar-refractivity contribution in [1.82, 2.24) is 39.5 Å². The zero-order valence-electron chi connectivity index (χ0n) is 23.4. The number of aryl methyl sites for hydroxylation is 2.